The zero-order valence-electron chi connectivity index (χ0n) is 19.3. The highest BCUT2D eigenvalue weighted by atomic mass is 32.2. The number of nitrogens with two attached hydrogens (primary N) is 1. The number of benzene rings is 3. The third-order valence-corrected chi connectivity index (χ3v) is 6.37. The van der Waals surface area contributed by atoms with Gasteiger partial charge in [0.15, 0.2) is 21.5 Å². The van der Waals surface area contributed by atoms with Crippen molar-refractivity contribution in [1.82, 2.24) is 0 Å². The summed E-state index contributed by atoms with van der Waals surface area (Å²) in [6, 6.07) is 15.6. The van der Waals surface area contributed by atoms with Crippen LogP contribution in [-0.2, 0) is 9.84 Å². The topological polar surface area (TPSA) is 92.8 Å². The van der Waals surface area contributed by atoms with E-state index in [1.807, 2.05) is 6.07 Å². The summed E-state index contributed by atoms with van der Waals surface area (Å²) in [6.07, 6.45) is 2.47. The Balaban J connectivity index is 2.13. The Morgan fingerprint density at radius 2 is 1.68 bits per heavy atom. The Kier molecular flexibility index (Phi) is 7.05. The van der Waals surface area contributed by atoms with E-state index >= 15 is 0 Å². The lowest BCUT2D eigenvalue weighted by molar-refractivity contribution is 0.118. The van der Waals surface area contributed by atoms with E-state index in [2.05, 4.69) is 4.99 Å². The molecular weight excluding hydrogens is 458 g/mol. The van der Waals surface area contributed by atoms with Crippen LogP contribution >= 0.6 is 0 Å². The molecule has 178 valence electrons. The molecule has 34 heavy (non-hydrogen) atoms. The van der Waals surface area contributed by atoms with Crippen LogP contribution < -0.4 is 5.73 Å². The smallest absolute Gasteiger partial charge is 0.175 e. The first-order valence-electron chi connectivity index (χ1n) is 10.4. The highest BCUT2D eigenvalue weighted by Gasteiger charge is 2.19. The van der Waals surface area contributed by atoms with E-state index in [1.54, 1.807) is 37.3 Å². The van der Waals surface area contributed by atoms with E-state index in [4.69, 9.17) is 5.73 Å². The predicted octanol–water partition coefficient (Wildman–Crippen LogP) is 5.08. The van der Waals surface area contributed by atoms with Gasteiger partial charge in [0, 0.05) is 17.5 Å². The van der Waals surface area contributed by atoms with Crippen molar-refractivity contribution in [3.63, 3.8) is 0 Å². The monoisotopic (exact) mass is 484 g/mol. The summed E-state index contributed by atoms with van der Waals surface area (Å²) in [4.78, 5) is 4.73. The van der Waals surface area contributed by atoms with Gasteiger partial charge in [0.1, 0.15) is 0 Å². The van der Waals surface area contributed by atoms with Crippen molar-refractivity contribution in [3.8, 4) is 11.1 Å². The highest BCUT2D eigenvalue weighted by Crippen LogP contribution is 2.29. The molecule has 5 nitrogen and oxygen atoms in total. The molecule has 0 heterocycles. The number of allylic oxidation sites excluding steroid dienone is 1. The van der Waals surface area contributed by atoms with E-state index in [1.165, 1.54) is 38.1 Å². The molecule has 0 aromatic heterocycles. The summed E-state index contributed by atoms with van der Waals surface area (Å²) in [5.41, 5.74) is 7.24. The van der Waals surface area contributed by atoms with Gasteiger partial charge in [-0.15, -0.1) is 0 Å². The van der Waals surface area contributed by atoms with Crippen molar-refractivity contribution >= 4 is 21.2 Å². The largest absolute Gasteiger partial charge is 0.400 e. The summed E-state index contributed by atoms with van der Waals surface area (Å²) < 4.78 is 52.3. The number of sulfone groups is 1. The van der Waals surface area contributed by atoms with E-state index in [0.29, 0.717) is 16.8 Å². The number of nitrogens with zero attached hydrogens (tertiary/aromatic N) is 1. The van der Waals surface area contributed by atoms with Crippen LogP contribution in [0.1, 0.15) is 25.0 Å². The summed E-state index contributed by atoms with van der Waals surface area (Å²) in [7, 11) is -3.36. The molecule has 0 saturated heterocycles. The van der Waals surface area contributed by atoms with Gasteiger partial charge in [0.25, 0.3) is 0 Å². The second-order valence-corrected chi connectivity index (χ2v) is 10.6. The minimum absolute atomic E-state index is 0.0294. The first-order chi connectivity index (χ1) is 15.8. The average Bonchev–Trinajstić information content (AvgIpc) is 2.75. The highest BCUT2D eigenvalue weighted by molar-refractivity contribution is 7.90. The Morgan fingerprint density at radius 1 is 1.03 bits per heavy atom. The minimum Gasteiger partial charge on any atom is -0.400 e. The summed E-state index contributed by atoms with van der Waals surface area (Å²) in [5, 5.41) is 10.2. The maximum absolute atomic E-state index is 14.6. The SMILES string of the molecule is Cc1cc(-c2cccc(S(C)(=O)=O)c2)ccc1N=C(/C=C(\N)C(C)(C)O)c1cccc(F)c1F. The van der Waals surface area contributed by atoms with Crippen molar-refractivity contribution in [2.45, 2.75) is 31.3 Å². The van der Waals surface area contributed by atoms with Crippen LogP contribution in [0.4, 0.5) is 14.5 Å². The summed E-state index contributed by atoms with van der Waals surface area (Å²) in [5.74, 6) is -2.11. The van der Waals surface area contributed by atoms with Gasteiger partial charge in [0.2, 0.25) is 0 Å². The second-order valence-electron chi connectivity index (χ2n) is 8.56. The second kappa shape index (κ2) is 9.48. The Morgan fingerprint density at radius 3 is 2.29 bits per heavy atom. The zero-order chi connectivity index (χ0) is 25.3. The number of aryl methyl sites for hydroxylation is 1. The Bertz CT molecular complexity index is 1410. The molecule has 0 aliphatic carbocycles. The summed E-state index contributed by atoms with van der Waals surface area (Å²) in [6.45, 7) is 4.75. The zero-order valence-corrected chi connectivity index (χ0v) is 20.1. The van der Waals surface area contributed by atoms with Gasteiger partial charge in [-0.2, -0.15) is 0 Å². The Labute approximate surface area is 198 Å². The van der Waals surface area contributed by atoms with Gasteiger partial charge in [-0.25, -0.2) is 22.2 Å². The van der Waals surface area contributed by atoms with Crippen molar-refractivity contribution in [1.29, 1.82) is 0 Å². The summed E-state index contributed by atoms with van der Waals surface area (Å²) >= 11 is 0. The number of halogens is 2. The van der Waals surface area contributed by atoms with Crippen molar-refractivity contribution < 1.29 is 22.3 Å². The van der Waals surface area contributed by atoms with E-state index in [0.717, 1.165) is 17.9 Å². The van der Waals surface area contributed by atoms with Crippen LogP contribution in [0.15, 0.2) is 82.3 Å². The van der Waals surface area contributed by atoms with Gasteiger partial charge in [-0.3, -0.25) is 0 Å². The van der Waals surface area contributed by atoms with Gasteiger partial charge in [-0.05, 0) is 79.9 Å². The molecule has 0 radical (unpaired) electrons. The van der Waals surface area contributed by atoms with Crippen LogP contribution in [0.2, 0.25) is 0 Å². The number of rotatable bonds is 6. The van der Waals surface area contributed by atoms with Gasteiger partial charge >= 0.3 is 0 Å². The lowest BCUT2D eigenvalue weighted by Gasteiger charge is -2.18. The molecular formula is C26H26F2N2O3S. The molecule has 3 N–H and O–H groups in total. The quantitative estimate of drug-likeness (QED) is 0.478. The lowest BCUT2D eigenvalue weighted by atomic mass is 10.0. The first-order valence-corrected chi connectivity index (χ1v) is 12.3. The van der Waals surface area contributed by atoms with E-state index < -0.39 is 27.1 Å². The average molecular weight is 485 g/mol. The molecule has 0 spiro atoms. The first kappa shape index (κ1) is 25.3. The molecule has 0 fully saturated rings. The molecule has 8 heteroatoms. The minimum atomic E-state index is -3.36. The molecule has 0 aliphatic heterocycles. The number of hydrogen-bond donors (Lipinski definition) is 2. The maximum atomic E-state index is 14.6. The van der Waals surface area contributed by atoms with Gasteiger partial charge < -0.3 is 10.8 Å². The normalized spacial score (nSPS) is 13.3. The van der Waals surface area contributed by atoms with Crippen LogP contribution in [0.3, 0.4) is 0 Å². The fourth-order valence-corrected chi connectivity index (χ4v) is 3.86. The van der Waals surface area contributed by atoms with Crippen LogP contribution in [0.5, 0.6) is 0 Å². The number of aliphatic imine (C=N–C) groups is 1. The van der Waals surface area contributed by atoms with Crippen molar-refractivity contribution in [2.24, 2.45) is 10.7 Å². The lowest BCUT2D eigenvalue weighted by Crippen LogP contribution is -2.28. The number of aliphatic hydroxyl groups is 1. The molecule has 3 rings (SSSR count). The predicted molar refractivity (Wildman–Crippen MR) is 131 cm³/mol. The molecule has 0 bridgehead atoms. The third kappa shape index (κ3) is 5.76. The fraction of sp³-hybridized carbons (Fsp3) is 0.192. The van der Waals surface area contributed by atoms with Crippen LogP contribution in [-0.4, -0.2) is 31.1 Å². The molecule has 0 unspecified atom stereocenters. The van der Waals surface area contributed by atoms with Crippen molar-refractivity contribution in [3.05, 3.63) is 95.2 Å². The van der Waals surface area contributed by atoms with Gasteiger partial charge in [-0.1, -0.05) is 24.3 Å². The molecule has 3 aromatic rings. The van der Waals surface area contributed by atoms with Gasteiger partial charge in [0.05, 0.1) is 21.9 Å². The molecule has 0 aliphatic rings. The van der Waals surface area contributed by atoms with Crippen molar-refractivity contribution in [2.75, 3.05) is 6.26 Å². The molecule has 0 amide bonds. The third-order valence-electron chi connectivity index (χ3n) is 5.26. The van der Waals surface area contributed by atoms with E-state index in [-0.39, 0.29) is 21.9 Å². The fourth-order valence-electron chi connectivity index (χ4n) is 3.19. The van der Waals surface area contributed by atoms with E-state index in [9.17, 15) is 22.3 Å². The molecule has 0 atom stereocenters. The Hall–Kier alpha value is -3.36. The number of hydrogen-bond acceptors (Lipinski definition) is 5. The maximum Gasteiger partial charge on any atom is 0.175 e. The standard InChI is InChI=1S/C26H26F2N2O3S/c1-16-13-18(17-7-5-8-19(14-17)34(4,32)33)11-12-22(16)30-23(15-24(29)26(2,3)31)20-9-6-10-21(27)25(20)28/h5-15,31H,29H2,1-4H3/b24-15-,30-23?. The van der Waals surface area contributed by atoms with Crippen LogP contribution in [0, 0.1) is 18.6 Å². The van der Waals surface area contributed by atoms with Crippen LogP contribution in [0.25, 0.3) is 11.1 Å². The molecule has 3 aromatic carbocycles. The molecule has 0 saturated carbocycles.